The lowest BCUT2D eigenvalue weighted by molar-refractivity contribution is -0.133. The van der Waals surface area contributed by atoms with Crippen LogP contribution in [0.3, 0.4) is 0 Å². The van der Waals surface area contributed by atoms with Crippen molar-refractivity contribution < 1.29 is 13.9 Å². The molecule has 0 unspecified atom stereocenters. The van der Waals surface area contributed by atoms with Crippen LogP contribution in [-0.2, 0) is 11.2 Å². The number of fused-ring (bicyclic) bond motifs is 2. The largest absolute Gasteiger partial charge is 0.464 e. The molecular formula is C21H15Br2NO3. The highest BCUT2D eigenvalue weighted by Crippen LogP contribution is 2.37. The molecule has 4 rings (SSSR count). The first-order valence-electron chi connectivity index (χ1n) is 8.35. The van der Waals surface area contributed by atoms with Crippen molar-refractivity contribution in [3.05, 3.63) is 68.4 Å². The van der Waals surface area contributed by atoms with Gasteiger partial charge in [-0.25, -0.2) is 0 Å². The number of benzene rings is 2. The predicted molar refractivity (Wildman–Crippen MR) is 112 cm³/mol. The summed E-state index contributed by atoms with van der Waals surface area (Å²) in [5, 5.41) is 1.85. The summed E-state index contributed by atoms with van der Waals surface area (Å²) >= 11 is 6.98. The Labute approximate surface area is 172 Å². The molecule has 4 nitrogen and oxygen atoms in total. The first-order valence-corrected chi connectivity index (χ1v) is 9.93. The number of ether oxygens (including phenoxy) is 1. The van der Waals surface area contributed by atoms with Crippen LogP contribution in [0.4, 0.5) is 0 Å². The fourth-order valence-corrected chi connectivity index (χ4v) is 4.66. The van der Waals surface area contributed by atoms with Crippen molar-refractivity contribution in [2.45, 2.75) is 20.3 Å². The van der Waals surface area contributed by atoms with Crippen molar-refractivity contribution >= 4 is 59.7 Å². The summed E-state index contributed by atoms with van der Waals surface area (Å²) in [5.74, 6) is 0.0480. The van der Waals surface area contributed by atoms with Gasteiger partial charge in [-0.1, -0.05) is 28.1 Å². The molecule has 0 N–H and O–H groups in total. The minimum atomic E-state index is -0.368. The average molecular weight is 489 g/mol. The normalized spacial score (nSPS) is 11.3. The van der Waals surface area contributed by atoms with Gasteiger partial charge in [-0.2, -0.15) is 0 Å². The van der Waals surface area contributed by atoms with E-state index in [-0.39, 0.29) is 12.4 Å². The smallest absolute Gasteiger partial charge is 0.315 e. The Morgan fingerprint density at radius 1 is 1.19 bits per heavy atom. The van der Waals surface area contributed by atoms with Crippen molar-refractivity contribution in [2.24, 2.45) is 0 Å². The minimum Gasteiger partial charge on any atom is -0.464 e. The zero-order valence-corrected chi connectivity index (χ0v) is 17.8. The molecule has 0 spiro atoms. The third kappa shape index (κ3) is 3.39. The van der Waals surface area contributed by atoms with Crippen molar-refractivity contribution in [1.29, 1.82) is 0 Å². The Morgan fingerprint density at radius 3 is 2.81 bits per heavy atom. The van der Waals surface area contributed by atoms with Crippen molar-refractivity contribution in [3.63, 3.8) is 0 Å². The second-order valence-electron chi connectivity index (χ2n) is 6.44. The molecule has 0 fully saturated rings. The molecule has 0 aliphatic rings. The Balaban J connectivity index is 1.68. The van der Waals surface area contributed by atoms with Crippen LogP contribution in [0.2, 0.25) is 0 Å². The van der Waals surface area contributed by atoms with Crippen LogP contribution in [0, 0.1) is 13.8 Å². The second-order valence-corrected chi connectivity index (χ2v) is 8.14. The molecule has 0 atom stereocenters. The first kappa shape index (κ1) is 18.2. The van der Waals surface area contributed by atoms with Crippen LogP contribution in [0.1, 0.15) is 16.7 Å². The molecule has 0 saturated carbocycles. The molecule has 6 heteroatoms. The summed E-state index contributed by atoms with van der Waals surface area (Å²) in [6, 6.07) is 9.67. The Bertz CT molecular complexity index is 1200. The van der Waals surface area contributed by atoms with Crippen LogP contribution < -0.4 is 4.74 Å². The maximum Gasteiger partial charge on any atom is 0.315 e. The van der Waals surface area contributed by atoms with Gasteiger partial charge in [0.1, 0.15) is 11.1 Å². The van der Waals surface area contributed by atoms with Gasteiger partial charge in [0.2, 0.25) is 0 Å². The highest BCUT2D eigenvalue weighted by atomic mass is 79.9. The first-order chi connectivity index (χ1) is 12.9. The fraction of sp³-hybridized carbons (Fsp3) is 0.143. The number of furan rings is 1. The molecule has 0 aliphatic heterocycles. The van der Waals surface area contributed by atoms with Crippen LogP contribution >= 0.6 is 31.9 Å². The van der Waals surface area contributed by atoms with Crippen molar-refractivity contribution in [3.8, 4) is 5.75 Å². The van der Waals surface area contributed by atoms with Gasteiger partial charge >= 0.3 is 5.97 Å². The highest BCUT2D eigenvalue weighted by Gasteiger charge is 2.18. The lowest BCUT2D eigenvalue weighted by Crippen LogP contribution is -2.12. The number of carbonyl (C=O) groups excluding carboxylic acids is 1. The van der Waals surface area contributed by atoms with Crippen LogP contribution in [-0.4, -0.2) is 11.0 Å². The van der Waals surface area contributed by atoms with Gasteiger partial charge < -0.3 is 9.15 Å². The zero-order valence-electron chi connectivity index (χ0n) is 14.7. The molecular weight excluding hydrogens is 474 g/mol. The van der Waals surface area contributed by atoms with Gasteiger partial charge in [0.25, 0.3) is 0 Å². The van der Waals surface area contributed by atoms with E-state index in [2.05, 4.69) is 42.9 Å². The molecule has 2 aromatic heterocycles. The number of hydrogen-bond acceptors (Lipinski definition) is 4. The van der Waals surface area contributed by atoms with Gasteiger partial charge in [-0.05, 0) is 59.1 Å². The summed E-state index contributed by atoms with van der Waals surface area (Å²) in [7, 11) is 0. The Kier molecular flexibility index (Phi) is 4.78. The van der Waals surface area contributed by atoms with Gasteiger partial charge in [-0.3, -0.25) is 9.78 Å². The number of rotatable bonds is 3. The van der Waals surface area contributed by atoms with Crippen molar-refractivity contribution in [1.82, 2.24) is 4.98 Å². The summed E-state index contributed by atoms with van der Waals surface area (Å²) in [6.45, 7) is 4.04. The SMILES string of the molecule is Cc1cc(C)c2c(CC(=O)Oc3c(Br)cc(Br)c4cccnc34)coc2c1. The number of hydrogen-bond donors (Lipinski definition) is 0. The lowest BCUT2D eigenvalue weighted by Gasteiger charge is -2.10. The summed E-state index contributed by atoms with van der Waals surface area (Å²) in [6.07, 6.45) is 3.42. The van der Waals surface area contributed by atoms with Gasteiger partial charge in [0.15, 0.2) is 5.75 Å². The molecule has 2 aromatic carbocycles. The van der Waals surface area contributed by atoms with E-state index in [1.807, 2.05) is 38.1 Å². The third-order valence-corrected chi connectivity index (χ3v) is 5.64. The molecule has 0 radical (unpaired) electrons. The molecule has 4 aromatic rings. The lowest BCUT2D eigenvalue weighted by atomic mass is 10.0. The quantitative estimate of drug-likeness (QED) is 0.252. The molecule has 0 aliphatic carbocycles. The van der Waals surface area contributed by atoms with E-state index in [9.17, 15) is 4.79 Å². The van der Waals surface area contributed by atoms with E-state index in [0.29, 0.717) is 15.7 Å². The minimum absolute atomic E-state index is 0.119. The van der Waals surface area contributed by atoms with Crippen LogP contribution in [0.5, 0.6) is 5.75 Å². The Morgan fingerprint density at radius 2 is 2.00 bits per heavy atom. The number of aryl methyl sites for hydroxylation is 2. The monoisotopic (exact) mass is 487 g/mol. The number of pyridine rings is 1. The average Bonchev–Trinajstić information content (AvgIpc) is 3.01. The van der Waals surface area contributed by atoms with E-state index >= 15 is 0 Å². The van der Waals surface area contributed by atoms with E-state index < -0.39 is 0 Å². The van der Waals surface area contributed by atoms with Gasteiger partial charge in [0.05, 0.1) is 17.2 Å². The summed E-state index contributed by atoms with van der Waals surface area (Å²) in [5.41, 5.74) is 4.43. The second kappa shape index (κ2) is 7.09. The maximum atomic E-state index is 12.7. The maximum absolute atomic E-state index is 12.7. The highest BCUT2D eigenvalue weighted by molar-refractivity contribution is 9.11. The molecule has 0 amide bonds. The van der Waals surface area contributed by atoms with Crippen LogP contribution in [0.25, 0.3) is 21.9 Å². The molecule has 136 valence electrons. The molecule has 2 heterocycles. The number of aromatic nitrogens is 1. The third-order valence-electron chi connectivity index (χ3n) is 4.39. The molecule has 0 bridgehead atoms. The summed E-state index contributed by atoms with van der Waals surface area (Å²) in [4.78, 5) is 17.0. The standard InChI is InChI=1S/C21H15Br2NO3/c1-11-6-12(2)19-13(10-26-17(19)7-11)8-18(25)27-21-16(23)9-15(22)14-4-3-5-24-20(14)21/h3-7,9-10H,8H2,1-2H3. The van der Waals surface area contributed by atoms with E-state index in [4.69, 9.17) is 9.15 Å². The number of halogens is 2. The van der Waals surface area contributed by atoms with Crippen LogP contribution in [0.15, 0.2) is 56.2 Å². The van der Waals surface area contributed by atoms with Gasteiger partial charge in [0, 0.05) is 27.0 Å². The predicted octanol–water partition coefficient (Wildman–Crippen LogP) is 6.27. The number of esters is 1. The summed E-state index contributed by atoms with van der Waals surface area (Å²) < 4.78 is 12.9. The van der Waals surface area contributed by atoms with E-state index in [1.165, 1.54) is 0 Å². The van der Waals surface area contributed by atoms with E-state index in [1.54, 1.807) is 12.5 Å². The topological polar surface area (TPSA) is 52.3 Å². The van der Waals surface area contributed by atoms with E-state index in [0.717, 1.165) is 37.5 Å². The molecule has 0 saturated heterocycles. The number of nitrogens with zero attached hydrogens (tertiary/aromatic N) is 1. The number of carbonyl (C=O) groups is 1. The fourth-order valence-electron chi connectivity index (χ4n) is 3.31. The zero-order chi connectivity index (χ0) is 19.1. The molecule has 27 heavy (non-hydrogen) atoms. The van der Waals surface area contributed by atoms with Crippen molar-refractivity contribution in [2.75, 3.05) is 0 Å². The Hall–Kier alpha value is -2.18. The van der Waals surface area contributed by atoms with Gasteiger partial charge in [-0.15, -0.1) is 0 Å².